The summed E-state index contributed by atoms with van der Waals surface area (Å²) in [6, 6.07) is 21.2. The van der Waals surface area contributed by atoms with Crippen molar-refractivity contribution >= 4 is 29.9 Å². The van der Waals surface area contributed by atoms with Crippen LogP contribution in [0.4, 0.5) is 0 Å². The van der Waals surface area contributed by atoms with Gasteiger partial charge in [-0.05, 0) is 34.7 Å². The maximum atomic E-state index is 12.6. The van der Waals surface area contributed by atoms with Crippen LogP contribution in [0.25, 0.3) is 5.53 Å². The summed E-state index contributed by atoms with van der Waals surface area (Å²) in [5.41, 5.74) is 14.5. The fourth-order valence-corrected chi connectivity index (χ4v) is 8.76. The van der Waals surface area contributed by atoms with Crippen molar-refractivity contribution in [2.45, 2.75) is 52.0 Å². The Morgan fingerprint density at radius 1 is 0.967 bits per heavy atom. The van der Waals surface area contributed by atoms with Gasteiger partial charge in [-0.15, -0.1) is 5.54 Å². The van der Waals surface area contributed by atoms with Crippen molar-refractivity contribution in [1.82, 2.24) is 0 Å². The third kappa shape index (κ3) is 4.00. The average molecular weight is 413 g/mol. The fourth-order valence-electron chi connectivity index (χ4n) is 4.31. The van der Waals surface area contributed by atoms with E-state index < -0.39 is 8.07 Å². The molecule has 0 saturated heterocycles. The normalized spacial score (nSPS) is 14.0. The lowest BCUT2D eigenvalue weighted by Gasteiger charge is -2.39. The van der Waals surface area contributed by atoms with Gasteiger partial charge in [0.1, 0.15) is 0 Å². The highest BCUT2D eigenvalue weighted by Gasteiger charge is 2.47. The van der Waals surface area contributed by atoms with Gasteiger partial charge in [0.25, 0.3) is 5.78 Å². The van der Waals surface area contributed by atoms with Crippen molar-refractivity contribution in [2.24, 2.45) is 0 Å². The Bertz CT molecular complexity index is 1040. The first-order valence-corrected chi connectivity index (χ1v) is 12.4. The molecule has 0 N–H and O–H groups in total. The van der Waals surface area contributed by atoms with Crippen LogP contribution in [0.1, 0.15) is 47.0 Å². The fraction of sp³-hybridized carbons (Fsp3) is 0.308. The third-order valence-corrected chi connectivity index (χ3v) is 11.1. The maximum Gasteiger partial charge on any atom is 0.335 e. The van der Waals surface area contributed by atoms with E-state index in [4.69, 9.17) is 5.53 Å². The summed E-state index contributed by atoms with van der Waals surface area (Å²) < 4.78 is 0. The molecule has 0 fully saturated rings. The molecule has 0 atom stereocenters. The Balaban J connectivity index is 2.26. The Labute approximate surface area is 180 Å². The molecule has 0 unspecified atom stereocenters. The van der Waals surface area contributed by atoms with Crippen LogP contribution in [-0.4, -0.2) is 24.4 Å². The van der Waals surface area contributed by atoms with E-state index in [1.165, 1.54) is 10.4 Å². The monoisotopic (exact) mass is 412 g/mol. The second kappa shape index (κ2) is 8.79. The van der Waals surface area contributed by atoms with Crippen LogP contribution in [-0.2, 0) is 4.79 Å². The molecule has 0 heterocycles. The highest BCUT2D eigenvalue weighted by Crippen LogP contribution is 2.36. The van der Waals surface area contributed by atoms with Crippen LogP contribution in [0.5, 0.6) is 0 Å². The van der Waals surface area contributed by atoms with E-state index in [1.807, 2.05) is 12.1 Å². The van der Waals surface area contributed by atoms with Crippen LogP contribution in [0, 0.1) is 11.5 Å². The largest absolute Gasteiger partial charge is 0.361 e. The smallest absolute Gasteiger partial charge is 0.335 e. The van der Waals surface area contributed by atoms with Gasteiger partial charge >= 0.3 is 5.71 Å². The molecule has 1 aliphatic carbocycles. The Morgan fingerprint density at radius 3 is 1.97 bits per heavy atom. The lowest BCUT2D eigenvalue weighted by atomic mass is 10.0. The van der Waals surface area contributed by atoms with Gasteiger partial charge in [0.15, 0.2) is 0 Å². The van der Waals surface area contributed by atoms with Crippen LogP contribution in [0.2, 0.25) is 5.04 Å². The summed E-state index contributed by atoms with van der Waals surface area (Å²) in [6.07, 6.45) is 2.39. The summed E-state index contributed by atoms with van der Waals surface area (Å²) >= 11 is 0. The molecule has 0 spiro atoms. The number of hydrogen-bond acceptors (Lipinski definition) is 1. The molecule has 0 bridgehead atoms. The van der Waals surface area contributed by atoms with Crippen LogP contribution < -0.4 is 10.4 Å². The third-order valence-electron chi connectivity index (χ3n) is 5.91. The van der Waals surface area contributed by atoms with Crippen LogP contribution in [0.3, 0.4) is 0 Å². The van der Waals surface area contributed by atoms with E-state index in [9.17, 15) is 4.79 Å². The van der Waals surface area contributed by atoms with Gasteiger partial charge < -0.3 is 5.53 Å². The number of rotatable bonds is 4. The van der Waals surface area contributed by atoms with E-state index in [-0.39, 0.29) is 16.5 Å². The maximum absolute atomic E-state index is 12.6. The van der Waals surface area contributed by atoms with E-state index in [0.29, 0.717) is 12.0 Å². The zero-order chi connectivity index (χ0) is 21.8. The quantitative estimate of drug-likeness (QED) is 0.242. The standard InChI is InChI=1S/C26H28N2OSi/c1-20(28-27)25(29)24-17-11-12-21(24)18-19-30(26(2,3)4,22-13-7-5-8-14-22)23-15-9-6-10-16-23/h5-10,13-16H,11-12,17H2,1-4H3. The van der Waals surface area contributed by atoms with Crippen molar-refractivity contribution in [2.75, 3.05) is 0 Å². The number of hydrogen-bond donors (Lipinski definition) is 0. The SMILES string of the molecule is CC(=[N+]=[N-])C(=O)C1=C(C#C[Si](c2ccccc2)(c2ccccc2)C(C)(C)C)CCC1. The Hall–Kier alpha value is -2.99. The minimum atomic E-state index is -2.50. The van der Waals surface area contributed by atoms with Crippen LogP contribution in [0.15, 0.2) is 71.8 Å². The minimum Gasteiger partial charge on any atom is -0.361 e. The first-order valence-electron chi connectivity index (χ1n) is 10.4. The molecule has 3 rings (SSSR count). The summed E-state index contributed by atoms with van der Waals surface area (Å²) in [5.74, 6) is 3.28. The number of carbonyl (C=O) groups excluding carboxylic acids is 1. The van der Waals surface area contributed by atoms with Gasteiger partial charge in [-0.3, -0.25) is 4.79 Å². The van der Waals surface area contributed by atoms with Crippen molar-refractivity contribution in [3.63, 3.8) is 0 Å². The number of benzene rings is 2. The number of nitrogens with zero attached hydrogens (tertiary/aromatic N) is 2. The Morgan fingerprint density at radius 2 is 1.50 bits per heavy atom. The first kappa shape index (κ1) is 21.7. The second-order valence-electron chi connectivity index (χ2n) is 8.81. The van der Waals surface area contributed by atoms with Gasteiger partial charge in [0.2, 0.25) is 8.07 Å². The number of allylic oxidation sites excluding steroid dienone is 2. The summed E-state index contributed by atoms with van der Waals surface area (Å²) in [4.78, 5) is 15.7. The molecule has 30 heavy (non-hydrogen) atoms. The Kier molecular flexibility index (Phi) is 6.36. The zero-order valence-electron chi connectivity index (χ0n) is 18.2. The summed E-state index contributed by atoms with van der Waals surface area (Å²) in [6.45, 7) is 8.35. The molecule has 2 aromatic rings. The number of carbonyl (C=O) groups is 1. The van der Waals surface area contributed by atoms with E-state index in [1.54, 1.807) is 6.92 Å². The molecule has 0 radical (unpaired) electrons. The zero-order valence-corrected chi connectivity index (χ0v) is 19.2. The summed E-state index contributed by atoms with van der Waals surface area (Å²) in [5, 5.41) is 2.49. The van der Waals surface area contributed by atoms with Gasteiger partial charge in [-0.25, -0.2) is 0 Å². The lowest BCUT2D eigenvalue weighted by Crippen LogP contribution is -2.63. The minimum absolute atomic E-state index is 0.0610. The topological polar surface area (TPSA) is 53.5 Å². The molecule has 2 aromatic carbocycles. The van der Waals surface area contributed by atoms with Gasteiger partial charge in [0.05, 0.1) is 0 Å². The highest BCUT2D eigenvalue weighted by atomic mass is 28.3. The van der Waals surface area contributed by atoms with E-state index in [0.717, 1.165) is 18.4 Å². The molecule has 3 nitrogen and oxygen atoms in total. The molecule has 1 aliphatic rings. The molecule has 0 saturated carbocycles. The average Bonchev–Trinajstić information content (AvgIpc) is 3.22. The van der Waals surface area contributed by atoms with E-state index in [2.05, 4.69) is 85.6 Å². The van der Waals surface area contributed by atoms with Gasteiger partial charge in [-0.1, -0.05) is 87.4 Å². The van der Waals surface area contributed by atoms with Gasteiger partial charge in [0, 0.05) is 18.1 Å². The molecule has 0 amide bonds. The van der Waals surface area contributed by atoms with Crippen molar-refractivity contribution < 1.29 is 9.58 Å². The molecule has 4 heteroatoms. The van der Waals surface area contributed by atoms with Crippen LogP contribution >= 0.6 is 0 Å². The molecule has 0 aromatic heterocycles. The second-order valence-corrected chi connectivity index (χ2v) is 13.2. The highest BCUT2D eigenvalue weighted by molar-refractivity contribution is 7.10. The molecular formula is C26H28N2OSi. The number of Topliss-reactive ketones (excluding diaryl/α,β-unsaturated/α-hetero) is 1. The predicted molar refractivity (Wildman–Crippen MR) is 126 cm³/mol. The van der Waals surface area contributed by atoms with Crippen molar-refractivity contribution in [3.05, 3.63) is 77.3 Å². The molecular weight excluding hydrogens is 384 g/mol. The number of ketones is 1. The molecule has 0 aliphatic heterocycles. The predicted octanol–water partition coefficient (Wildman–Crippen LogP) is 4.33. The summed E-state index contributed by atoms with van der Waals surface area (Å²) in [7, 11) is -2.50. The van der Waals surface area contributed by atoms with Crippen molar-refractivity contribution in [3.8, 4) is 11.5 Å². The van der Waals surface area contributed by atoms with Crippen molar-refractivity contribution in [1.29, 1.82) is 0 Å². The lowest BCUT2D eigenvalue weighted by molar-refractivity contribution is -0.114. The van der Waals surface area contributed by atoms with Gasteiger partial charge in [-0.2, -0.15) is 4.79 Å². The molecule has 152 valence electrons. The first-order chi connectivity index (χ1) is 14.3. The van der Waals surface area contributed by atoms with E-state index >= 15 is 0 Å².